The van der Waals surface area contributed by atoms with Crippen molar-refractivity contribution in [2.45, 2.75) is 39.0 Å². The van der Waals surface area contributed by atoms with Crippen molar-refractivity contribution in [2.75, 3.05) is 13.1 Å². The van der Waals surface area contributed by atoms with Crippen LogP contribution in [0.3, 0.4) is 0 Å². The lowest BCUT2D eigenvalue weighted by Gasteiger charge is -2.21. The summed E-state index contributed by atoms with van der Waals surface area (Å²) in [5, 5.41) is 7.00. The third-order valence-corrected chi connectivity index (χ3v) is 3.95. The summed E-state index contributed by atoms with van der Waals surface area (Å²) >= 11 is 1.85. The van der Waals surface area contributed by atoms with Gasteiger partial charge in [-0.2, -0.15) is 0 Å². The van der Waals surface area contributed by atoms with Crippen LogP contribution in [0.5, 0.6) is 0 Å². The van der Waals surface area contributed by atoms with E-state index in [0.29, 0.717) is 0 Å². The van der Waals surface area contributed by atoms with Gasteiger partial charge in [-0.1, -0.05) is 13.3 Å². The molecule has 2 nitrogen and oxygen atoms in total. The number of aromatic nitrogens is 1. The van der Waals surface area contributed by atoms with Gasteiger partial charge in [0.2, 0.25) is 0 Å². The van der Waals surface area contributed by atoms with E-state index in [1.807, 2.05) is 11.3 Å². The summed E-state index contributed by atoms with van der Waals surface area (Å²) < 4.78 is 0. The maximum absolute atomic E-state index is 4.69. The second kappa shape index (κ2) is 5.61. The number of rotatable bonds is 4. The topological polar surface area (TPSA) is 24.9 Å². The van der Waals surface area contributed by atoms with E-state index in [0.717, 1.165) is 12.3 Å². The van der Waals surface area contributed by atoms with Gasteiger partial charge in [-0.15, -0.1) is 11.3 Å². The predicted octanol–water partition coefficient (Wildman–Crippen LogP) is 2.64. The van der Waals surface area contributed by atoms with Crippen molar-refractivity contribution in [1.82, 2.24) is 10.3 Å². The highest BCUT2D eigenvalue weighted by molar-refractivity contribution is 7.09. The van der Waals surface area contributed by atoms with Gasteiger partial charge in [0, 0.05) is 11.8 Å². The first kappa shape index (κ1) is 11.1. The Morgan fingerprint density at radius 1 is 1.47 bits per heavy atom. The van der Waals surface area contributed by atoms with Crippen LogP contribution < -0.4 is 5.32 Å². The van der Waals surface area contributed by atoms with Crippen LogP contribution in [0.4, 0.5) is 0 Å². The van der Waals surface area contributed by atoms with Crippen LogP contribution in [0.1, 0.15) is 36.9 Å². The number of aryl methyl sites for hydroxylation is 1. The zero-order chi connectivity index (χ0) is 10.5. The molecule has 1 aromatic rings. The maximum atomic E-state index is 4.69. The van der Waals surface area contributed by atoms with Crippen LogP contribution >= 0.6 is 11.3 Å². The molecule has 3 heteroatoms. The van der Waals surface area contributed by atoms with E-state index in [-0.39, 0.29) is 0 Å². The van der Waals surface area contributed by atoms with Gasteiger partial charge in [0.05, 0.1) is 10.7 Å². The number of hydrogen-bond acceptors (Lipinski definition) is 3. The van der Waals surface area contributed by atoms with Crippen molar-refractivity contribution in [3.8, 4) is 0 Å². The fourth-order valence-electron chi connectivity index (χ4n) is 2.15. The minimum absolute atomic E-state index is 0.867. The number of nitrogens with one attached hydrogen (secondary N) is 1. The summed E-state index contributed by atoms with van der Waals surface area (Å²) in [6.45, 7) is 4.60. The van der Waals surface area contributed by atoms with Crippen LogP contribution in [0, 0.1) is 5.92 Å². The zero-order valence-electron chi connectivity index (χ0n) is 9.46. The Morgan fingerprint density at radius 2 is 2.27 bits per heavy atom. The van der Waals surface area contributed by atoms with Gasteiger partial charge in [0.1, 0.15) is 0 Å². The fraction of sp³-hybridized carbons (Fsp3) is 0.750. The van der Waals surface area contributed by atoms with Gasteiger partial charge in [0.15, 0.2) is 0 Å². The molecule has 1 N–H and O–H groups in total. The molecule has 84 valence electrons. The zero-order valence-corrected chi connectivity index (χ0v) is 10.3. The molecular weight excluding hydrogens is 204 g/mol. The molecule has 0 aromatic carbocycles. The third kappa shape index (κ3) is 3.28. The van der Waals surface area contributed by atoms with E-state index in [1.54, 1.807) is 0 Å². The molecule has 0 radical (unpaired) electrons. The van der Waals surface area contributed by atoms with E-state index >= 15 is 0 Å². The molecular formula is C12H20N2S. The summed E-state index contributed by atoms with van der Waals surface area (Å²) in [5.41, 5.74) is 1.30. The van der Waals surface area contributed by atoms with Crippen LogP contribution in [-0.2, 0) is 12.8 Å². The van der Waals surface area contributed by atoms with Crippen LogP contribution in [0.2, 0.25) is 0 Å². The van der Waals surface area contributed by atoms with E-state index in [2.05, 4.69) is 17.6 Å². The summed E-state index contributed by atoms with van der Waals surface area (Å²) in [6, 6.07) is 0. The quantitative estimate of drug-likeness (QED) is 0.850. The molecule has 0 unspecified atom stereocenters. The number of nitrogens with zero attached hydrogens (tertiary/aromatic N) is 1. The van der Waals surface area contributed by atoms with E-state index < -0.39 is 0 Å². The maximum Gasteiger partial charge on any atom is 0.0931 e. The average molecular weight is 224 g/mol. The molecule has 0 bridgehead atoms. The Hall–Kier alpha value is -0.410. The van der Waals surface area contributed by atoms with Gasteiger partial charge < -0.3 is 5.32 Å². The molecule has 2 rings (SSSR count). The second-order valence-corrected chi connectivity index (χ2v) is 5.32. The lowest BCUT2D eigenvalue weighted by molar-refractivity contribution is 0.372. The number of piperidine rings is 1. The highest BCUT2D eigenvalue weighted by Crippen LogP contribution is 2.20. The molecule has 1 saturated heterocycles. The number of thiazole rings is 1. The SMILES string of the molecule is CCCc1csc(CC2CCNCC2)n1. The Bertz CT molecular complexity index is 290. The highest BCUT2D eigenvalue weighted by Gasteiger charge is 2.15. The van der Waals surface area contributed by atoms with Crippen molar-refractivity contribution in [1.29, 1.82) is 0 Å². The molecule has 0 aliphatic carbocycles. The number of hydrogen-bond donors (Lipinski definition) is 1. The lowest BCUT2D eigenvalue weighted by Crippen LogP contribution is -2.28. The first-order valence-corrected chi connectivity index (χ1v) is 6.90. The summed E-state index contributed by atoms with van der Waals surface area (Å²) in [6.07, 6.45) is 6.20. The van der Waals surface area contributed by atoms with E-state index in [4.69, 9.17) is 4.98 Å². The third-order valence-electron chi connectivity index (χ3n) is 3.03. The molecule has 1 aliphatic heterocycles. The lowest BCUT2D eigenvalue weighted by atomic mass is 9.95. The van der Waals surface area contributed by atoms with E-state index in [1.165, 1.54) is 49.5 Å². The van der Waals surface area contributed by atoms with Crippen LogP contribution in [-0.4, -0.2) is 18.1 Å². The predicted molar refractivity (Wildman–Crippen MR) is 65.4 cm³/mol. The molecule has 0 amide bonds. The second-order valence-electron chi connectivity index (χ2n) is 4.38. The van der Waals surface area contributed by atoms with Crippen molar-refractivity contribution < 1.29 is 0 Å². The summed E-state index contributed by atoms with van der Waals surface area (Å²) in [4.78, 5) is 4.69. The fourth-order valence-corrected chi connectivity index (χ4v) is 3.09. The normalized spacial score (nSPS) is 18.2. The minimum Gasteiger partial charge on any atom is -0.317 e. The molecule has 2 heterocycles. The Kier molecular flexibility index (Phi) is 4.15. The van der Waals surface area contributed by atoms with Crippen LogP contribution in [0.15, 0.2) is 5.38 Å². The monoisotopic (exact) mass is 224 g/mol. The molecule has 1 aliphatic rings. The van der Waals surface area contributed by atoms with Gasteiger partial charge in [0.25, 0.3) is 0 Å². The molecule has 0 saturated carbocycles. The average Bonchev–Trinajstić information content (AvgIpc) is 2.68. The smallest absolute Gasteiger partial charge is 0.0931 e. The first-order valence-electron chi connectivity index (χ1n) is 6.02. The van der Waals surface area contributed by atoms with Gasteiger partial charge >= 0.3 is 0 Å². The van der Waals surface area contributed by atoms with Gasteiger partial charge in [-0.05, 0) is 38.3 Å². The molecule has 0 atom stereocenters. The first-order chi connectivity index (χ1) is 7.38. The standard InChI is InChI=1S/C12H20N2S/c1-2-3-11-9-15-12(14-11)8-10-4-6-13-7-5-10/h9-10,13H,2-8H2,1H3. The van der Waals surface area contributed by atoms with Crippen molar-refractivity contribution in [3.63, 3.8) is 0 Å². The van der Waals surface area contributed by atoms with Gasteiger partial charge in [-0.25, -0.2) is 4.98 Å². The molecule has 15 heavy (non-hydrogen) atoms. The summed E-state index contributed by atoms with van der Waals surface area (Å²) in [5.74, 6) is 0.867. The Labute approximate surface area is 96.1 Å². The highest BCUT2D eigenvalue weighted by atomic mass is 32.1. The molecule has 1 fully saturated rings. The largest absolute Gasteiger partial charge is 0.317 e. The molecule has 0 spiro atoms. The van der Waals surface area contributed by atoms with Crippen molar-refractivity contribution >= 4 is 11.3 Å². The Morgan fingerprint density at radius 3 is 3.00 bits per heavy atom. The summed E-state index contributed by atoms with van der Waals surface area (Å²) in [7, 11) is 0. The van der Waals surface area contributed by atoms with Crippen molar-refractivity contribution in [3.05, 3.63) is 16.1 Å². The Balaban J connectivity index is 1.86. The van der Waals surface area contributed by atoms with Gasteiger partial charge in [-0.3, -0.25) is 0 Å². The van der Waals surface area contributed by atoms with Crippen molar-refractivity contribution in [2.24, 2.45) is 5.92 Å². The van der Waals surface area contributed by atoms with E-state index in [9.17, 15) is 0 Å². The minimum atomic E-state index is 0.867. The molecule has 1 aromatic heterocycles. The van der Waals surface area contributed by atoms with Crippen LogP contribution in [0.25, 0.3) is 0 Å².